The van der Waals surface area contributed by atoms with Crippen molar-refractivity contribution < 1.29 is 18.1 Å². The van der Waals surface area contributed by atoms with E-state index in [0.29, 0.717) is 12.1 Å². The molecule has 0 atom stereocenters. The first-order valence-corrected chi connectivity index (χ1v) is 11.7. The number of carbonyl (C=O) groups excluding carboxylic acids is 1. The van der Waals surface area contributed by atoms with Crippen LogP contribution >= 0.6 is 11.8 Å². The van der Waals surface area contributed by atoms with Gasteiger partial charge in [-0.3, -0.25) is 19.2 Å². The number of sulfonamides is 1. The molecular formula is C19H23N3O5S2. The number of nitrogens with zero attached hydrogens (tertiary/aromatic N) is 2. The third kappa shape index (κ3) is 7.06. The van der Waals surface area contributed by atoms with Crippen molar-refractivity contribution in [2.24, 2.45) is 0 Å². The van der Waals surface area contributed by atoms with Crippen molar-refractivity contribution in [3.05, 3.63) is 64.2 Å². The number of carbonyl (C=O) groups is 1. The largest absolute Gasteiger partial charge is 0.354 e. The van der Waals surface area contributed by atoms with Gasteiger partial charge in [-0.05, 0) is 36.8 Å². The number of thioether (sulfide) groups is 1. The molecule has 0 bridgehead atoms. The standard InChI is InChI=1S/C19H23N3O5S2/c1-15-9-10-16(22(24)25)13-18(15)21(29(2,26)27)14-19(23)20-11-6-12-28-17-7-4-3-5-8-17/h3-5,7-10,13H,6,11-12,14H2,1-2H3,(H,20,23). The van der Waals surface area contributed by atoms with Crippen LogP contribution in [0.15, 0.2) is 53.4 Å². The molecule has 2 aromatic rings. The third-order valence-electron chi connectivity index (χ3n) is 4.01. The van der Waals surface area contributed by atoms with Gasteiger partial charge in [-0.2, -0.15) is 0 Å². The van der Waals surface area contributed by atoms with Crippen LogP contribution in [0.25, 0.3) is 0 Å². The van der Waals surface area contributed by atoms with Crippen LogP contribution in [0.3, 0.4) is 0 Å². The number of rotatable bonds is 10. The van der Waals surface area contributed by atoms with E-state index in [1.807, 2.05) is 30.3 Å². The second kappa shape index (κ2) is 10.3. The van der Waals surface area contributed by atoms with E-state index in [1.54, 1.807) is 18.7 Å². The van der Waals surface area contributed by atoms with Gasteiger partial charge < -0.3 is 5.32 Å². The van der Waals surface area contributed by atoms with Gasteiger partial charge in [0.1, 0.15) is 6.54 Å². The average Bonchev–Trinajstić information content (AvgIpc) is 2.66. The van der Waals surface area contributed by atoms with Gasteiger partial charge in [0.25, 0.3) is 5.69 Å². The summed E-state index contributed by atoms with van der Waals surface area (Å²) in [6.45, 7) is 1.60. The summed E-state index contributed by atoms with van der Waals surface area (Å²) in [5.74, 6) is 0.343. The van der Waals surface area contributed by atoms with Crippen LogP contribution in [0.2, 0.25) is 0 Å². The van der Waals surface area contributed by atoms with Gasteiger partial charge in [0.2, 0.25) is 15.9 Å². The molecule has 0 aliphatic carbocycles. The zero-order valence-electron chi connectivity index (χ0n) is 16.2. The van der Waals surface area contributed by atoms with Crippen LogP contribution in [0, 0.1) is 17.0 Å². The molecule has 0 radical (unpaired) electrons. The van der Waals surface area contributed by atoms with Crippen molar-refractivity contribution in [2.45, 2.75) is 18.2 Å². The number of anilines is 1. The average molecular weight is 438 g/mol. The van der Waals surface area contributed by atoms with E-state index in [9.17, 15) is 23.3 Å². The first-order valence-electron chi connectivity index (χ1n) is 8.86. The Morgan fingerprint density at radius 1 is 1.21 bits per heavy atom. The lowest BCUT2D eigenvalue weighted by Crippen LogP contribution is -2.41. The molecule has 1 amide bonds. The molecule has 8 nitrogen and oxygen atoms in total. The summed E-state index contributed by atoms with van der Waals surface area (Å²) >= 11 is 1.67. The Morgan fingerprint density at radius 2 is 1.90 bits per heavy atom. The third-order valence-corrected chi connectivity index (χ3v) is 6.24. The van der Waals surface area contributed by atoms with Crippen LogP contribution in [0.4, 0.5) is 11.4 Å². The topological polar surface area (TPSA) is 110 Å². The lowest BCUT2D eigenvalue weighted by atomic mass is 10.2. The lowest BCUT2D eigenvalue weighted by molar-refractivity contribution is -0.384. The highest BCUT2D eigenvalue weighted by Crippen LogP contribution is 2.27. The monoisotopic (exact) mass is 437 g/mol. The fraction of sp³-hybridized carbons (Fsp3) is 0.316. The molecular weight excluding hydrogens is 414 g/mol. The maximum atomic E-state index is 12.3. The normalized spacial score (nSPS) is 11.1. The predicted octanol–water partition coefficient (Wildman–Crippen LogP) is 2.97. The minimum atomic E-state index is -3.80. The number of hydrogen-bond acceptors (Lipinski definition) is 6. The van der Waals surface area contributed by atoms with Gasteiger partial charge in [-0.25, -0.2) is 8.42 Å². The number of nitrogens with one attached hydrogen (secondary N) is 1. The zero-order chi connectivity index (χ0) is 21.4. The quantitative estimate of drug-likeness (QED) is 0.265. The maximum Gasteiger partial charge on any atom is 0.271 e. The minimum Gasteiger partial charge on any atom is -0.354 e. The lowest BCUT2D eigenvalue weighted by Gasteiger charge is -2.23. The summed E-state index contributed by atoms with van der Waals surface area (Å²) in [4.78, 5) is 23.8. The summed E-state index contributed by atoms with van der Waals surface area (Å²) in [6, 6.07) is 13.8. The molecule has 0 aliphatic rings. The van der Waals surface area contributed by atoms with E-state index in [0.717, 1.165) is 27.6 Å². The molecule has 0 spiro atoms. The molecule has 29 heavy (non-hydrogen) atoms. The SMILES string of the molecule is Cc1ccc([N+](=O)[O-])cc1N(CC(=O)NCCCSc1ccccc1)S(C)(=O)=O. The number of hydrogen-bond donors (Lipinski definition) is 1. The van der Waals surface area contributed by atoms with E-state index in [4.69, 9.17) is 0 Å². The Morgan fingerprint density at radius 3 is 2.52 bits per heavy atom. The van der Waals surface area contributed by atoms with E-state index in [-0.39, 0.29) is 11.4 Å². The Hall–Kier alpha value is -2.59. The molecule has 0 saturated carbocycles. The highest BCUT2D eigenvalue weighted by molar-refractivity contribution is 7.99. The molecule has 156 valence electrons. The Kier molecular flexibility index (Phi) is 8.03. The van der Waals surface area contributed by atoms with Crippen molar-refractivity contribution in [2.75, 3.05) is 29.4 Å². The van der Waals surface area contributed by atoms with Gasteiger partial charge in [0.15, 0.2) is 0 Å². The first kappa shape index (κ1) is 22.7. The van der Waals surface area contributed by atoms with E-state index < -0.39 is 27.4 Å². The van der Waals surface area contributed by atoms with Gasteiger partial charge in [0.05, 0.1) is 16.9 Å². The van der Waals surface area contributed by atoms with Gasteiger partial charge >= 0.3 is 0 Å². The summed E-state index contributed by atoms with van der Waals surface area (Å²) < 4.78 is 25.3. The van der Waals surface area contributed by atoms with E-state index >= 15 is 0 Å². The number of non-ortho nitro benzene ring substituents is 1. The zero-order valence-corrected chi connectivity index (χ0v) is 17.8. The van der Waals surface area contributed by atoms with Crippen molar-refractivity contribution >= 4 is 39.1 Å². The van der Waals surface area contributed by atoms with Gasteiger partial charge in [-0.15, -0.1) is 11.8 Å². The van der Waals surface area contributed by atoms with Crippen molar-refractivity contribution in [1.29, 1.82) is 0 Å². The maximum absolute atomic E-state index is 12.3. The molecule has 2 rings (SSSR count). The van der Waals surface area contributed by atoms with Crippen LogP contribution < -0.4 is 9.62 Å². The number of nitro benzene ring substituents is 1. The molecule has 0 aromatic heterocycles. The molecule has 0 saturated heterocycles. The molecule has 1 N–H and O–H groups in total. The molecule has 10 heteroatoms. The van der Waals surface area contributed by atoms with Crippen LogP contribution in [-0.4, -0.2) is 44.3 Å². The first-order chi connectivity index (χ1) is 13.7. The fourth-order valence-electron chi connectivity index (χ4n) is 2.55. The molecule has 0 heterocycles. The minimum absolute atomic E-state index is 0.122. The highest BCUT2D eigenvalue weighted by Gasteiger charge is 2.24. The molecule has 2 aromatic carbocycles. The number of nitro groups is 1. The second-order valence-electron chi connectivity index (χ2n) is 6.36. The molecule has 0 aliphatic heterocycles. The molecule has 0 unspecified atom stereocenters. The second-order valence-corrected chi connectivity index (χ2v) is 9.44. The van der Waals surface area contributed by atoms with E-state index in [2.05, 4.69) is 5.32 Å². The highest BCUT2D eigenvalue weighted by atomic mass is 32.2. The summed E-state index contributed by atoms with van der Waals surface area (Å²) in [5, 5.41) is 13.7. The van der Waals surface area contributed by atoms with Gasteiger partial charge in [0, 0.05) is 23.6 Å². The Balaban J connectivity index is 1.96. The van der Waals surface area contributed by atoms with Crippen molar-refractivity contribution in [3.8, 4) is 0 Å². The van der Waals surface area contributed by atoms with Gasteiger partial charge in [-0.1, -0.05) is 24.3 Å². The van der Waals surface area contributed by atoms with Crippen LogP contribution in [0.5, 0.6) is 0 Å². The van der Waals surface area contributed by atoms with Crippen LogP contribution in [-0.2, 0) is 14.8 Å². The van der Waals surface area contributed by atoms with E-state index in [1.165, 1.54) is 18.2 Å². The summed E-state index contributed by atoms with van der Waals surface area (Å²) in [5.41, 5.74) is 0.405. The van der Waals surface area contributed by atoms with Crippen LogP contribution in [0.1, 0.15) is 12.0 Å². The number of aryl methyl sites for hydroxylation is 1. The molecule has 0 fully saturated rings. The number of benzene rings is 2. The number of amides is 1. The summed E-state index contributed by atoms with van der Waals surface area (Å²) in [6.07, 6.45) is 1.69. The van der Waals surface area contributed by atoms with Crippen molar-refractivity contribution in [3.63, 3.8) is 0 Å². The Labute approximate surface area is 174 Å². The smallest absolute Gasteiger partial charge is 0.271 e. The predicted molar refractivity (Wildman–Crippen MR) is 115 cm³/mol. The van der Waals surface area contributed by atoms with Crippen molar-refractivity contribution in [1.82, 2.24) is 5.32 Å². The summed E-state index contributed by atoms with van der Waals surface area (Å²) in [7, 11) is -3.80. The fourth-order valence-corrected chi connectivity index (χ4v) is 4.33. The Bertz CT molecular complexity index is 965.